The Hall–Kier alpha value is -1.44. The molecule has 0 spiro atoms. The zero-order chi connectivity index (χ0) is 25.7. The lowest BCUT2D eigenvalue weighted by Gasteiger charge is -2.41. The Morgan fingerprint density at radius 2 is 0.516 bits per heavy atom. The Kier molecular flexibility index (Phi) is 5.44. The first-order chi connectivity index (χ1) is 13.0. The maximum atomic E-state index is 14.0. The average molecular weight is 516 g/mol. The van der Waals surface area contributed by atoms with Crippen LogP contribution >= 0.6 is 0 Å². The van der Waals surface area contributed by atoms with Crippen molar-refractivity contribution < 1.29 is 92.5 Å². The Morgan fingerprint density at radius 3 is 0.645 bits per heavy atom. The van der Waals surface area contributed by atoms with Crippen LogP contribution in [-0.4, -0.2) is 59.6 Å². The molecule has 0 N–H and O–H groups in total. The average Bonchev–Trinajstić information content (AvgIpc) is 2.57. The van der Waals surface area contributed by atoms with Crippen molar-refractivity contribution in [2.45, 2.75) is 59.6 Å². The van der Waals surface area contributed by atoms with Gasteiger partial charge in [0.2, 0.25) is 0 Å². The molecular weight excluding hydrogens is 516 g/mol. The predicted molar refractivity (Wildman–Crippen MR) is 50.6 cm³/mol. The maximum absolute atomic E-state index is 14.0. The summed E-state index contributed by atoms with van der Waals surface area (Å²) in [5.74, 6) is -33.9. The Bertz CT molecular complexity index is 619. The molecule has 0 radical (unpaired) electrons. The van der Waals surface area contributed by atoms with Gasteiger partial charge in [-0.2, -0.15) is 70.2 Å². The molecule has 0 amide bonds. The molecule has 1 saturated heterocycles. The number of halogens is 20. The quantitative estimate of drug-likeness (QED) is 0.393. The van der Waals surface area contributed by atoms with E-state index >= 15 is 0 Å². The molecule has 2 unspecified atom stereocenters. The smallest absolute Gasteiger partial charge is 0.292 e. The highest BCUT2D eigenvalue weighted by atomic mass is 19.4. The van der Waals surface area contributed by atoms with Crippen LogP contribution in [0.25, 0.3) is 0 Å². The summed E-state index contributed by atoms with van der Waals surface area (Å²) in [6, 6.07) is 0. The molecule has 1 nitrogen and oxygen atoms in total. The lowest BCUT2D eigenvalue weighted by Crippen LogP contribution is -2.73. The van der Waals surface area contributed by atoms with Crippen molar-refractivity contribution in [3.63, 3.8) is 0 Å². The summed E-state index contributed by atoms with van der Waals surface area (Å²) in [5, 5.41) is 0. The molecular formula is C10F20O. The molecule has 0 saturated carbocycles. The second-order valence-electron chi connectivity index (χ2n) is 5.75. The SMILES string of the molecule is FC(F)(F)C(F)(C(F)(F)F)C1(F)OC(F)(C(F)(C(F)(F)F)C(F)(F)F)C(F)(F)C1(F)F. The van der Waals surface area contributed by atoms with E-state index in [1.165, 1.54) is 4.74 Å². The Morgan fingerprint density at radius 1 is 0.355 bits per heavy atom. The summed E-state index contributed by atoms with van der Waals surface area (Å²) in [6.45, 7) is 0. The molecule has 1 fully saturated rings. The van der Waals surface area contributed by atoms with E-state index in [2.05, 4.69) is 0 Å². The molecule has 1 heterocycles. The van der Waals surface area contributed by atoms with Gasteiger partial charge in [0.1, 0.15) is 0 Å². The van der Waals surface area contributed by atoms with E-state index in [1.54, 1.807) is 0 Å². The minimum Gasteiger partial charge on any atom is -0.292 e. The third kappa shape index (κ3) is 2.75. The van der Waals surface area contributed by atoms with Gasteiger partial charge in [-0.05, 0) is 0 Å². The van der Waals surface area contributed by atoms with Crippen LogP contribution in [0.5, 0.6) is 0 Å². The summed E-state index contributed by atoms with van der Waals surface area (Å²) >= 11 is 0. The van der Waals surface area contributed by atoms with Crippen molar-refractivity contribution in [3.8, 4) is 0 Å². The van der Waals surface area contributed by atoms with Gasteiger partial charge in [0, 0.05) is 0 Å². The Labute approximate surface area is 153 Å². The van der Waals surface area contributed by atoms with Crippen molar-refractivity contribution in [2.75, 3.05) is 0 Å². The minimum atomic E-state index is -8.61. The largest absolute Gasteiger partial charge is 0.437 e. The first-order valence-corrected chi connectivity index (χ1v) is 6.44. The van der Waals surface area contributed by atoms with Gasteiger partial charge in [-0.3, -0.25) is 4.74 Å². The van der Waals surface area contributed by atoms with E-state index in [9.17, 15) is 87.8 Å². The van der Waals surface area contributed by atoms with Gasteiger partial charge in [0.05, 0.1) is 0 Å². The molecule has 1 aliphatic heterocycles. The van der Waals surface area contributed by atoms with Crippen molar-refractivity contribution in [1.82, 2.24) is 0 Å². The van der Waals surface area contributed by atoms with Crippen LogP contribution in [0.2, 0.25) is 0 Å². The van der Waals surface area contributed by atoms with Gasteiger partial charge in [-0.15, -0.1) is 0 Å². The number of rotatable bonds is 2. The van der Waals surface area contributed by atoms with Crippen LogP contribution in [0, 0.1) is 0 Å². The Balaban J connectivity index is 4.19. The minimum absolute atomic E-state index is 1.34. The second kappa shape index (κ2) is 6.12. The van der Waals surface area contributed by atoms with Gasteiger partial charge in [0.15, 0.2) is 0 Å². The molecule has 0 aromatic heterocycles. The number of hydrogen-bond acceptors (Lipinski definition) is 1. The second-order valence-corrected chi connectivity index (χ2v) is 5.75. The van der Waals surface area contributed by atoms with Crippen molar-refractivity contribution >= 4 is 0 Å². The van der Waals surface area contributed by atoms with Gasteiger partial charge < -0.3 is 0 Å². The van der Waals surface area contributed by atoms with E-state index in [4.69, 9.17) is 0 Å². The zero-order valence-corrected chi connectivity index (χ0v) is 13.0. The monoisotopic (exact) mass is 516 g/mol. The third-order valence-electron chi connectivity index (χ3n) is 3.93. The molecule has 21 heteroatoms. The normalized spacial score (nSPS) is 30.6. The van der Waals surface area contributed by atoms with Crippen LogP contribution in [-0.2, 0) is 4.74 Å². The van der Waals surface area contributed by atoms with Crippen LogP contribution in [0.1, 0.15) is 0 Å². The number of ether oxygens (including phenoxy) is 1. The zero-order valence-electron chi connectivity index (χ0n) is 13.0. The summed E-state index contributed by atoms with van der Waals surface area (Å²) in [7, 11) is 0. The van der Waals surface area contributed by atoms with Gasteiger partial charge in [0.25, 0.3) is 0 Å². The van der Waals surface area contributed by atoms with Gasteiger partial charge >= 0.3 is 59.6 Å². The molecule has 0 aliphatic carbocycles. The fraction of sp³-hybridized carbons (Fsp3) is 1.00. The maximum Gasteiger partial charge on any atom is 0.437 e. The summed E-state index contributed by atoms with van der Waals surface area (Å²) in [5.41, 5.74) is -17.2. The lowest BCUT2D eigenvalue weighted by atomic mass is 9.84. The van der Waals surface area contributed by atoms with E-state index < -0.39 is 59.6 Å². The standard InChI is InChI=1S/C10F20O/c11-1(7(19,20)21,8(22,23)24)5(17)3(13,14)4(15,16)6(18,31-5)2(12,9(25,26)27)10(28,29)30. The fourth-order valence-corrected chi connectivity index (χ4v) is 2.35. The predicted octanol–water partition coefficient (Wildman–Crippen LogP) is 6.28. The first kappa shape index (κ1) is 27.6. The summed E-state index contributed by atoms with van der Waals surface area (Å²) in [6.07, 6.45) is -33.1. The summed E-state index contributed by atoms with van der Waals surface area (Å²) in [4.78, 5) is 0. The first-order valence-electron chi connectivity index (χ1n) is 6.44. The van der Waals surface area contributed by atoms with Crippen LogP contribution in [0.3, 0.4) is 0 Å². The molecule has 186 valence electrons. The van der Waals surface area contributed by atoms with Crippen molar-refractivity contribution in [3.05, 3.63) is 0 Å². The highest BCUT2D eigenvalue weighted by Crippen LogP contribution is 2.73. The van der Waals surface area contributed by atoms with Crippen molar-refractivity contribution in [2.24, 2.45) is 0 Å². The van der Waals surface area contributed by atoms with Gasteiger partial charge in [-0.1, -0.05) is 0 Å². The van der Waals surface area contributed by atoms with Crippen LogP contribution in [0.4, 0.5) is 87.8 Å². The van der Waals surface area contributed by atoms with Crippen LogP contribution < -0.4 is 0 Å². The summed E-state index contributed by atoms with van der Waals surface area (Å²) < 4.78 is 260. The number of hydrogen-bond donors (Lipinski definition) is 0. The van der Waals surface area contributed by atoms with E-state index in [-0.39, 0.29) is 0 Å². The lowest BCUT2D eigenvalue weighted by molar-refractivity contribution is -0.473. The molecule has 0 aromatic carbocycles. The third-order valence-corrected chi connectivity index (χ3v) is 3.93. The van der Waals surface area contributed by atoms with E-state index in [0.29, 0.717) is 0 Å². The number of alkyl halides is 20. The highest BCUT2D eigenvalue weighted by molar-refractivity contribution is 5.27. The fourth-order valence-electron chi connectivity index (χ4n) is 2.35. The van der Waals surface area contributed by atoms with E-state index in [1.807, 2.05) is 0 Å². The van der Waals surface area contributed by atoms with Crippen molar-refractivity contribution in [1.29, 1.82) is 0 Å². The molecule has 2 atom stereocenters. The van der Waals surface area contributed by atoms with E-state index in [0.717, 1.165) is 0 Å². The van der Waals surface area contributed by atoms with Crippen LogP contribution in [0.15, 0.2) is 0 Å². The van der Waals surface area contributed by atoms with Gasteiger partial charge in [-0.25, -0.2) is 17.6 Å². The molecule has 1 aliphatic rings. The topological polar surface area (TPSA) is 9.23 Å². The molecule has 0 aromatic rings. The molecule has 0 bridgehead atoms. The highest BCUT2D eigenvalue weighted by Gasteiger charge is 3.06. The molecule has 1 rings (SSSR count). The molecule has 31 heavy (non-hydrogen) atoms.